The van der Waals surface area contributed by atoms with E-state index in [4.69, 9.17) is 29.9 Å². The second-order valence-electron chi connectivity index (χ2n) is 33.7. The van der Waals surface area contributed by atoms with Crippen LogP contribution in [0.25, 0.3) is 252 Å². The van der Waals surface area contributed by atoms with Gasteiger partial charge in [0.25, 0.3) is 0 Å². The van der Waals surface area contributed by atoms with Gasteiger partial charge in [0.05, 0.1) is 44.1 Å². The molecule has 8 aromatic heterocycles. The smallest absolute Gasteiger partial charge is 0.164 e. The van der Waals surface area contributed by atoms with E-state index in [2.05, 4.69) is 346 Å². The quantitative estimate of drug-likeness (QED) is 0.114. The summed E-state index contributed by atoms with van der Waals surface area (Å²) in [6.45, 7) is 0. The minimum atomic E-state index is 0.630. The Morgan fingerprint density at radius 2 is 0.356 bits per heavy atom. The number of hydrogen-bond donors (Lipinski definition) is 0. The molecule has 0 saturated carbocycles. The Kier molecular flexibility index (Phi) is 18.1. The minimum Gasteiger partial charge on any atom is -0.309 e. The highest BCUT2D eigenvalue weighted by Crippen LogP contribution is 2.46. The third kappa shape index (κ3) is 13.1. The summed E-state index contributed by atoms with van der Waals surface area (Å²) >= 11 is 3.72. The van der Waals surface area contributed by atoms with E-state index in [0.717, 1.165) is 77.9 Å². The van der Waals surface area contributed by atoms with Crippen LogP contribution in [0.5, 0.6) is 0 Å². The fraction of sp³-hybridized carbons (Fsp3) is 0. The van der Waals surface area contributed by atoms with Gasteiger partial charge in [0.2, 0.25) is 0 Å². The highest BCUT2D eigenvalue weighted by atomic mass is 32.1. The van der Waals surface area contributed by atoms with Gasteiger partial charge in [-0.25, -0.2) is 29.9 Å². The van der Waals surface area contributed by atoms with Crippen LogP contribution in [0.2, 0.25) is 0 Å². The third-order valence-corrected chi connectivity index (χ3v) is 28.2. The van der Waals surface area contributed by atoms with E-state index < -0.39 is 0 Å². The van der Waals surface area contributed by atoms with Crippen LogP contribution >= 0.6 is 22.7 Å². The van der Waals surface area contributed by atoms with E-state index in [9.17, 15) is 0 Å². The number of rotatable bonds is 13. The SMILES string of the molecule is c1ccc(-c2nc(-c3ccccc3)nc(-c3cccc(-c4cccc(-n5c6ccccc6c6cc(-c7ccc8c(c7)c7ccccc7n8-c7ccc8sc9ccccc9c8c7)ccc65)c4)c3)n2)cc1.c1ccc(-c2nc(-c3ccccc3)nc(-c3cccc(-n4c5ccccc5c5cc(-c6ccc7c(c6)c6ccccc6n7-c6ccc7sc8ccccc8c7c6)ccc54)c3)n2)cc1. The standard InChI is InChI=1S/C63H39N5S.C57H35N5S/c1-3-15-40(16-4-1)61-64-62(41-17-5-2-6-18-41)66-63(65-61)46-21-13-19-42(35-46)43-20-14-22-47(36-43)67-55-26-10-7-23-49(55)52-37-44(29-32-57(52)67)45-30-33-58-53(38-45)50-24-8-11-27-56(50)68(58)48-31-34-60-54(39-48)51-25-9-12-28-59(51)69-60;1-3-14-36(15-4-1)55-58-56(37-16-5-2-6-17-37)60-57(59-55)40-18-13-19-41(32-40)61-49-23-10-7-20-43(49)46-33-38(26-29-51(46)61)39-27-30-52-47(34-39)44-21-8-11-24-50(44)62(52)42-28-31-54-48(35-42)45-22-9-12-25-53(45)63-54/h1-39H;1-35H. The summed E-state index contributed by atoms with van der Waals surface area (Å²) in [4.78, 5) is 30.0. The summed E-state index contributed by atoms with van der Waals surface area (Å²) in [6, 6.07) is 160. The van der Waals surface area contributed by atoms with Gasteiger partial charge < -0.3 is 18.3 Å². The van der Waals surface area contributed by atoms with Crippen molar-refractivity contribution in [2.45, 2.75) is 0 Å². The molecule has 0 aliphatic heterocycles. The van der Waals surface area contributed by atoms with Crippen LogP contribution in [-0.4, -0.2) is 48.2 Å². The van der Waals surface area contributed by atoms with Crippen LogP contribution in [0, 0.1) is 0 Å². The Hall–Kier alpha value is -17.2. The van der Waals surface area contributed by atoms with E-state index in [1.165, 1.54) is 139 Å². The molecule has 12 heteroatoms. The topological polar surface area (TPSA) is 97.1 Å². The summed E-state index contributed by atoms with van der Waals surface area (Å²) in [6.07, 6.45) is 0. The van der Waals surface area contributed by atoms with Crippen molar-refractivity contribution in [2.75, 3.05) is 0 Å². The van der Waals surface area contributed by atoms with Gasteiger partial charge >= 0.3 is 0 Å². The van der Waals surface area contributed by atoms with E-state index in [0.29, 0.717) is 34.9 Å². The van der Waals surface area contributed by atoms with E-state index in [1.54, 1.807) is 0 Å². The molecule has 0 bridgehead atoms. The van der Waals surface area contributed by atoms with E-state index in [1.807, 2.05) is 144 Å². The number of para-hydroxylation sites is 4. The molecule has 10 nitrogen and oxygen atoms in total. The van der Waals surface area contributed by atoms with Crippen LogP contribution < -0.4 is 0 Å². The second-order valence-corrected chi connectivity index (χ2v) is 35.8. The maximum Gasteiger partial charge on any atom is 0.164 e. The Morgan fingerprint density at radius 3 is 0.697 bits per heavy atom. The molecule has 0 spiro atoms. The highest BCUT2D eigenvalue weighted by Gasteiger charge is 2.24. The lowest BCUT2D eigenvalue weighted by Crippen LogP contribution is -2.01. The molecule has 132 heavy (non-hydrogen) atoms. The molecule has 0 fully saturated rings. The summed E-state index contributed by atoms with van der Waals surface area (Å²) in [5.74, 6) is 3.84. The summed E-state index contributed by atoms with van der Waals surface area (Å²) in [5.41, 5.74) is 26.4. The molecule has 0 aliphatic carbocycles. The Balaban J connectivity index is 0.000000139. The third-order valence-electron chi connectivity index (χ3n) is 25.9. The minimum absolute atomic E-state index is 0.630. The van der Waals surface area contributed by atoms with Crippen LogP contribution in [0.15, 0.2) is 449 Å². The zero-order valence-electron chi connectivity index (χ0n) is 71.0. The van der Waals surface area contributed by atoms with Gasteiger partial charge in [-0.3, -0.25) is 0 Å². The first kappa shape index (κ1) is 76.1. The average molecular weight is 1720 g/mol. The normalized spacial score (nSPS) is 11.8. The molecule has 0 aliphatic rings. The summed E-state index contributed by atoms with van der Waals surface area (Å²) < 4.78 is 14.9. The first-order valence-corrected chi connectivity index (χ1v) is 46.1. The molecule has 27 rings (SSSR count). The van der Waals surface area contributed by atoms with Crippen molar-refractivity contribution in [2.24, 2.45) is 0 Å². The van der Waals surface area contributed by atoms with Gasteiger partial charge in [-0.2, -0.15) is 0 Å². The van der Waals surface area contributed by atoms with Gasteiger partial charge in [0.1, 0.15) is 0 Å². The first-order chi connectivity index (χ1) is 65.4. The Bertz CT molecular complexity index is 9190. The van der Waals surface area contributed by atoms with Gasteiger partial charge in [0, 0.05) is 140 Å². The maximum absolute atomic E-state index is 5.04. The Labute approximate surface area is 766 Å². The first-order valence-electron chi connectivity index (χ1n) is 44.4. The number of aromatic nitrogens is 10. The molecule has 0 unspecified atom stereocenters. The van der Waals surface area contributed by atoms with Gasteiger partial charge in [-0.05, 0) is 185 Å². The lowest BCUT2D eigenvalue weighted by Gasteiger charge is -2.12. The second kappa shape index (κ2) is 31.4. The van der Waals surface area contributed by atoms with Crippen LogP contribution in [0.3, 0.4) is 0 Å². The zero-order valence-corrected chi connectivity index (χ0v) is 72.6. The van der Waals surface area contributed by atoms with Gasteiger partial charge in [-0.1, -0.05) is 297 Å². The fourth-order valence-electron chi connectivity index (χ4n) is 19.8. The van der Waals surface area contributed by atoms with Crippen molar-refractivity contribution in [3.05, 3.63) is 449 Å². The van der Waals surface area contributed by atoms with Crippen molar-refractivity contribution in [1.29, 1.82) is 0 Å². The Morgan fingerprint density at radius 1 is 0.129 bits per heavy atom. The van der Waals surface area contributed by atoms with Crippen molar-refractivity contribution in [3.63, 3.8) is 0 Å². The molecular weight excluding hydrogens is 1650 g/mol. The molecule has 0 amide bonds. The predicted octanol–water partition coefficient (Wildman–Crippen LogP) is 31.9. The summed E-state index contributed by atoms with van der Waals surface area (Å²) in [5, 5.41) is 15.0. The van der Waals surface area contributed by atoms with Gasteiger partial charge in [0.15, 0.2) is 34.9 Å². The lowest BCUT2D eigenvalue weighted by atomic mass is 10.0. The van der Waals surface area contributed by atoms with Crippen molar-refractivity contribution in [1.82, 2.24) is 48.2 Å². The lowest BCUT2D eigenvalue weighted by molar-refractivity contribution is 1.07. The summed E-state index contributed by atoms with van der Waals surface area (Å²) in [7, 11) is 0. The van der Waals surface area contributed by atoms with Crippen LogP contribution in [0.4, 0.5) is 0 Å². The van der Waals surface area contributed by atoms with Crippen molar-refractivity contribution in [3.8, 4) is 124 Å². The zero-order chi connectivity index (χ0) is 86.9. The predicted molar refractivity (Wildman–Crippen MR) is 552 cm³/mol. The molecular formula is C120H74N10S2. The molecule has 27 aromatic rings. The maximum atomic E-state index is 5.04. The van der Waals surface area contributed by atoms with E-state index in [-0.39, 0.29) is 0 Å². The van der Waals surface area contributed by atoms with Crippen LogP contribution in [0.1, 0.15) is 0 Å². The van der Waals surface area contributed by atoms with Crippen molar-refractivity contribution >= 4 is 150 Å². The molecule has 0 saturated heterocycles. The molecule has 0 radical (unpaired) electrons. The number of benzene rings is 19. The fourth-order valence-corrected chi connectivity index (χ4v) is 21.9. The molecule has 0 atom stereocenters. The number of thiophene rings is 2. The molecule has 616 valence electrons. The highest BCUT2D eigenvalue weighted by molar-refractivity contribution is 7.26. The largest absolute Gasteiger partial charge is 0.309 e. The molecule has 0 N–H and O–H groups in total. The van der Waals surface area contributed by atoms with Gasteiger partial charge in [-0.15, -0.1) is 22.7 Å². The van der Waals surface area contributed by atoms with Crippen molar-refractivity contribution < 1.29 is 0 Å². The van der Waals surface area contributed by atoms with E-state index >= 15 is 0 Å². The number of nitrogens with zero attached hydrogens (tertiary/aromatic N) is 10. The molecule has 8 heterocycles. The van der Waals surface area contributed by atoms with Crippen LogP contribution in [-0.2, 0) is 0 Å². The number of fused-ring (bicyclic) bond motifs is 18. The average Bonchev–Trinajstić information content (AvgIpc) is 1.58. The number of hydrogen-bond acceptors (Lipinski definition) is 8. The molecule has 19 aromatic carbocycles. The monoisotopic (exact) mass is 1720 g/mol.